The maximum absolute atomic E-state index is 8.83. The van der Waals surface area contributed by atoms with E-state index in [1.54, 1.807) is 6.92 Å². The second kappa shape index (κ2) is 6.68. The molecule has 6 nitrogen and oxygen atoms in total. The average molecular weight is 202 g/mol. The van der Waals surface area contributed by atoms with E-state index in [1.807, 2.05) is 0 Å². The van der Waals surface area contributed by atoms with Crippen LogP contribution in [-0.4, -0.2) is 41.9 Å². The van der Waals surface area contributed by atoms with Crippen LogP contribution < -0.4 is 0 Å². The molecule has 76 valence electrons. The molecule has 0 bridgehead atoms. The summed E-state index contributed by atoms with van der Waals surface area (Å²) in [4.78, 5) is 0. The molecule has 0 aromatic carbocycles. The van der Waals surface area contributed by atoms with Gasteiger partial charge >= 0.3 is 70.3 Å². The predicted molar refractivity (Wildman–Crippen MR) is 43.4 cm³/mol. The maximum atomic E-state index is 8.83. The van der Waals surface area contributed by atoms with Gasteiger partial charge in [-0.3, -0.25) is 0 Å². The molecule has 7 heteroatoms. The van der Waals surface area contributed by atoms with Crippen LogP contribution in [0.25, 0.3) is 0 Å². The molecular formula is C5H15O6P. The number of rotatable bonds is 7. The molecule has 0 fully saturated rings. The van der Waals surface area contributed by atoms with E-state index >= 15 is 0 Å². The number of aliphatic hydroxyl groups is 3. The van der Waals surface area contributed by atoms with Crippen molar-refractivity contribution in [2.24, 2.45) is 0 Å². The van der Waals surface area contributed by atoms with Crippen molar-refractivity contribution in [3.05, 3.63) is 0 Å². The van der Waals surface area contributed by atoms with Crippen LogP contribution in [0.1, 0.15) is 6.92 Å². The van der Waals surface area contributed by atoms with Gasteiger partial charge in [0.25, 0.3) is 0 Å². The first-order valence-corrected chi connectivity index (χ1v) is 5.42. The fraction of sp³-hybridized carbons (Fsp3) is 1.00. The molecule has 0 unspecified atom stereocenters. The fourth-order valence-corrected chi connectivity index (χ4v) is 2.04. The molecule has 0 amide bonds. The van der Waals surface area contributed by atoms with Crippen LogP contribution in [0.5, 0.6) is 0 Å². The second-order valence-corrected chi connectivity index (χ2v) is 4.37. The first kappa shape index (κ1) is 12.2. The average Bonchev–Trinajstić information content (AvgIpc) is 2.06. The van der Waals surface area contributed by atoms with Crippen molar-refractivity contribution in [1.29, 1.82) is 0 Å². The van der Waals surface area contributed by atoms with Crippen molar-refractivity contribution >= 4 is 7.94 Å². The minimum absolute atomic E-state index is 0.285. The van der Waals surface area contributed by atoms with Gasteiger partial charge in [0.2, 0.25) is 0 Å². The Balaban J connectivity index is 4.06. The van der Waals surface area contributed by atoms with Crippen molar-refractivity contribution in [2.75, 3.05) is 26.5 Å². The van der Waals surface area contributed by atoms with E-state index in [0.717, 1.165) is 0 Å². The second-order valence-electron chi connectivity index (χ2n) is 1.82. The van der Waals surface area contributed by atoms with Crippen molar-refractivity contribution in [1.82, 2.24) is 0 Å². The van der Waals surface area contributed by atoms with Crippen molar-refractivity contribution in [2.45, 2.75) is 6.92 Å². The third-order valence-corrected chi connectivity index (χ3v) is 3.38. The third kappa shape index (κ3) is 3.73. The number of hydrogen-bond donors (Lipinski definition) is 3. The monoisotopic (exact) mass is 202 g/mol. The van der Waals surface area contributed by atoms with Crippen LogP contribution in [0.4, 0.5) is 0 Å². The van der Waals surface area contributed by atoms with E-state index < -0.39 is 27.9 Å². The summed E-state index contributed by atoms with van der Waals surface area (Å²) in [6.45, 7) is 0.769. The normalized spacial score (nSPS) is 13.3. The summed E-state index contributed by atoms with van der Waals surface area (Å²) >= 11 is 0. The molecule has 0 saturated carbocycles. The van der Waals surface area contributed by atoms with Crippen LogP contribution in [0, 0.1) is 0 Å². The van der Waals surface area contributed by atoms with Gasteiger partial charge < -0.3 is 0 Å². The van der Waals surface area contributed by atoms with E-state index in [-0.39, 0.29) is 6.61 Å². The molecule has 0 spiro atoms. The first-order valence-electron chi connectivity index (χ1n) is 3.49. The molecule has 0 aliphatic heterocycles. The van der Waals surface area contributed by atoms with Gasteiger partial charge in [0.05, 0.1) is 0 Å². The van der Waals surface area contributed by atoms with E-state index in [0.29, 0.717) is 0 Å². The topological polar surface area (TPSA) is 88.4 Å². The van der Waals surface area contributed by atoms with Gasteiger partial charge in [-0.25, -0.2) is 0 Å². The molecule has 0 radical (unpaired) electrons. The zero-order valence-electron chi connectivity index (χ0n) is 6.89. The zero-order chi connectivity index (χ0) is 9.45. The Bertz CT molecular complexity index is 93.1. The molecule has 0 heterocycles. The van der Waals surface area contributed by atoms with Crippen LogP contribution in [-0.2, 0) is 13.6 Å². The Morgan fingerprint density at radius 3 is 1.75 bits per heavy atom. The van der Waals surface area contributed by atoms with E-state index in [4.69, 9.17) is 28.9 Å². The van der Waals surface area contributed by atoms with Crippen molar-refractivity contribution in [3.63, 3.8) is 0 Å². The molecule has 3 N–H and O–H groups in total. The Labute approximate surface area is 71.3 Å². The van der Waals surface area contributed by atoms with Crippen LogP contribution in [0.15, 0.2) is 0 Å². The quantitative estimate of drug-likeness (QED) is 0.377. The van der Waals surface area contributed by atoms with E-state index in [1.165, 1.54) is 0 Å². The Morgan fingerprint density at radius 1 is 1.00 bits per heavy atom. The minimum atomic E-state index is -3.21. The van der Waals surface area contributed by atoms with Crippen LogP contribution in [0.3, 0.4) is 0 Å². The standard InChI is InChI=1S/C5H15O6P/c1-2-9-12(5-8,10-3-6)11-4-7/h6-8,12H,2-5H2,1H3. The fourth-order valence-electron chi connectivity index (χ4n) is 0.679. The Kier molecular flexibility index (Phi) is 6.78. The van der Waals surface area contributed by atoms with Gasteiger partial charge in [-0.15, -0.1) is 0 Å². The first-order chi connectivity index (χ1) is 5.74. The Morgan fingerprint density at radius 2 is 1.50 bits per heavy atom. The van der Waals surface area contributed by atoms with Crippen LogP contribution in [0.2, 0.25) is 0 Å². The summed E-state index contributed by atoms with van der Waals surface area (Å²) in [6.07, 6.45) is -0.470. The zero-order valence-corrected chi connectivity index (χ0v) is 7.89. The molecular weight excluding hydrogens is 187 g/mol. The summed E-state index contributed by atoms with van der Waals surface area (Å²) in [6, 6.07) is 0. The van der Waals surface area contributed by atoms with Gasteiger partial charge in [0, 0.05) is 0 Å². The van der Waals surface area contributed by atoms with Crippen LogP contribution >= 0.6 is 7.94 Å². The van der Waals surface area contributed by atoms with Gasteiger partial charge in [0.1, 0.15) is 0 Å². The molecule has 0 aromatic heterocycles. The molecule has 0 atom stereocenters. The van der Waals surface area contributed by atoms with E-state index in [9.17, 15) is 0 Å². The predicted octanol–water partition coefficient (Wildman–Crippen LogP) is -0.600. The van der Waals surface area contributed by atoms with E-state index in [2.05, 4.69) is 0 Å². The number of aliphatic hydroxyl groups excluding tert-OH is 3. The van der Waals surface area contributed by atoms with Gasteiger partial charge in [-0.1, -0.05) is 0 Å². The molecule has 0 aromatic rings. The summed E-state index contributed by atoms with van der Waals surface area (Å²) in [5, 5.41) is 25.7. The summed E-state index contributed by atoms with van der Waals surface area (Å²) < 4.78 is 14.4. The Hall–Kier alpha value is 0.190. The van der Waals surface area contributed by atoms with Gasteiger partial charge in [-0.2, -0.15) is 0 Å². The van der Waals surface area contributed by atoms with Gasteiger partial charge in [0.15, 0.2) is 0 Å². The number of hydrogen-bond acceptors (Lipinski definition) is 6. The third-order valence-electron chi connectivity index (χ3n) is 1.13. The molecule has 0 rings (SSSR count). The van der Waals surface area contributed by atoms with Crippen molar-refractivity contribution < 1.29 is 28.9 Å². The molecule has 12 heavy (non-hydrogen) atoms. The molecule has 0 aliphatic rings. The molecule has 0 aliphatic carbocycles. The SMILES string of the molecule is CCO[PH](CO)(OCO)OCO. The molecule has 0 saturated heterocycles. The summed E-state index contributed by atoms with van der Waals surface area (Å²) in [5.41, 5.74) is 0. The van der Waals surface area contributed by atoms with Crippen molar-refractivity contribution in [3.8, 4) is 0 Å². The van der Waals surface area contributed by atoms with Gasteiger partial charge in [-0.05, 0) is 0 Å². The summed E-state index contributed by atoms with van der Waals surface area (Å²) in [5.74, 6) is 0. The summed E-state index contributed by atoms with van der Waals surface area (Å²) in [7, 11) is -3.21.